The Morgan fingerprint density at radius 2 is 1.23 bits per heavy atom. The van der Waals surface area contributed by atoms with Gasteiger partial charge in [-0.1, -0.05) is 74.0 Å². The van der Waals surface area contributed by atoms with Crippen molar-refractivity contribution in [2.45, 2.75) is 33.0 Å². The lowest BCUT2D eigenvalue weighted by atomic mass is 10.2. The Labute approximate surface area is 250 Å². The van der Waals surface area contributed by atoms with Crippen LogP contribution in [0.1, 0.15) is 30.9 Å². The number of likely N-dealkylation sites (N-methyl/N-ethyl adjacent to an activating group) is 1. The zero-order valence-electron chi connectivity index (χ0n) is 24.3. The highest BCUT2D eigenvalue weighted by Crippen LogP contribution is 2.49. The fourth-order valence-electron chi connectivity index (χ4n) is 3.02. The number of carbonyl (C=O) groups excluding carboxylic acids is 3. The predicted molar refractivity (Wildman–Crippen MR) is 155 cm³/mol. The van der Waals surface area contributed by atoms with Gasteiger partial charge in [-0.2, -0.15) is 0 Å². The zero-order valence-corrected chi connectivity index (χ0v) is 25.1. The predicted octanol–water partition coefficient (Wildman–Crippen LogP) is 4.42. The van der Waals surface area contributed by atoms with Crippen LogP contribution in [0.25, 0.3) is 0 Å². The molecular weight excluding hydrogens is 585 g/mol. The van der Waals surface area contributed by atoms with E-state index in [1.54, 1.807) is 48.5 Å². The topological polar surface area (TPSA) is 175 Å². The lowest BCUT2D eigenvalue weighted by molar-refractivity contribution is -0.143. The molecule has 0 aliphatic carbocycles. The Balaban J connectivity index is 1.87. The van der Waals surface area contributed by atoms with E-state index < -0.39 is 39.2 Å². The average Bonchev–Trinajstić information content (AvgIpc) is 3.00. The van der Waals surface area contributed by atoms with Crippen LogP contribution in [0.2, 0.25) is 0 Å². The first kappa shape index (κ1) is 35.1. The second kappa shape index (κ2) is 19.9. The van der Waals surface area contributed by atoms with Gasteiger partial charge in [0, 0.05) is 7.05 Å². The maximum Gasteiger partial charge on any atom is 0.508 e. The number of guanidine groups is 1. The number of hydrogen-bond donors (Lipinski definition) is 1. The molecule has 2 N–H and O–H groups in total. The fraction of sp³-hybridized carbons (Fsp3) is 0.429. The van der Waals surface area contributed by atoms with E-state index in [-0.39, 0.29) is 45.5 Å². The Kier molecular flexibility index (Phi) is 16.2. The maximum absolute atomic E-state index is 13.3. The summed E-state index contributed by atoms with van der Waals surface area (Å²) in [6, 6.07) is 18.0. The van der Waals surface area contributed by atoms with Gasteiger partial charge in [-0.25, -0.2) is 14.2 Å². The van der Waals surface area contributed by atoms with Crippen molar-refractivity contribution in [3.8, 4) is 0 Å². The second-order valence-electron chi connectivity index (χ2n) is 8.77. The summed E-state index contributed by atoms with van der Waals surface area (Å²) < 4.78 is 52.7. The third kappa shape index (κ3) is 15.6. The Morgan fingerprint density at radius 3 is 1.70 bits per heavy atom. The third-order valence-electron chi connectivity index (χ3n) is 5.26. The average molecular weight is 624 g/mol. The Morgan fingerprint density at radius 1 is 0.744 bits per heavy atom. The van der Waals surface area contributed by atoms with Gasteiger partial charge in [0.15, 0.2) is 0 Å². The van der Waals surface area contributed by atoms with Gasteiger partial charge in [0.25, 0.3) is 0 Å². The molecule has 43 heavy (non-hydrogen) atoms. The van der Waals surface area contributed by atoms with Crippen molar-refractivity contribution in [3.05, 3.63) is 71.8 Å². The van der Waals surface area contributed by atoms with E-state index in [2.05, 4.69) is 4.76 Å². The largest absolute Gasteiger partial charge is 0.508 e. The van der Waals surface area contributed by atoms with E-state index in [1.807, 2.05) is 19.1 Å². The van der Waals surface area contributed by atoms with Gasteiger partial charge in [-0.05, 0) is 17.5 Å². The van der Waals surface area contributed by atoms with E-state index in [0.717, 1.165) is 17.5 Å². The number of carbonyl (C=O) groups is 3. The second-order valence-corrected chi connectivity index (χ2v) is 10.4. The number of unbranched alkanes of at least 4 members (excludes halogenated alkanes) is 1. The Bertz CT molecular complexity index is 1130. The van der Waals surface area contributed by atoms with Gasteiger partial charge in [-0.15, -0.1) is 4.76 Å². The van der Waals surface area contributed by atoms with Crippen LogP contribution in [-0.4, -0.2) is 75.8 Å². The summed E-state index contributed by atoms with van der Waals surface area (Å²) in [4.78, 5) is 36.9. The van der Waals surface area contributed by atoms with Crippen LogP contribution in [0, 0.1) is 0 Å². The van der Waals surface area contributed by atoms with Crippen LogP contribution >= 0.6 is 7.75 Å². The first-order valence-corrected chi connectivity index (χ1v) is 15.0. The third-order valence-corrected chi connectivity index (χ3v) is 6.73. The monoisotopic (exact) mass is 623 g/mol. The summed E-state index contributed by atoms with van der Waals surface area (Å²) >= 11 is 0. The number of nitrogens with zero attached hydrogens (tertiary/aromatic N) is 2. The van der Waals surface area contributed by atoms with Gasteiger partial charge in [0.05, 0.1) is 19.8 Å². The van der Waals surface area contributed by atoms with Crippen LogP contribution < -0.4 is 5.73 Å². The minimum absolute atomic E-state index is 0.00393. The molecule has 0 aliphatic rings. The molecule has 14 nitrogen and oxygen atoms in total. The summed E-state index contributed by atoms with van der Waals surface area (Å²) in [7, 11) is -2.91. The van der Waals surface area contributed by atoms with E-state index >= 15 is 0 Å². The van der Waals surface area contributed by atoms with Gasteiger partial charge >= 0.3 is 26.0 Å². The molecule has 2 aromatic rings. The Hall–Kier alpha value is -4.13. The molecule has 0 aliphatic heterocycles. The van der Waals surface area contributed by atoms with Crippen molar-refractivity contribution in [2.75, 3.05) is 46.6 Å². The smallest absolute Gasteiger partial charge is 0.464 e. The molecule has 0 atom stereocenters. The van der Waals surface area contributed by atoms with Crippen LogP contribution in [0.5, 0.6) is 0 Å². The maximum atomic E-state index is 13.3. The molecule has 0 unspecified atom stereocenters. The number of benzene rings is 2. The first-order chi connectivity index (χ1) is 20.7. The van der Waals surface area contributed by atoms with Crippen LogP contribution in [0.15, 0.2) is 65.4 Å². The molecule has 0 saturated heterocycles. The number of ether oxygens (including phenoxy) is 5. The molecule has 236 valence electrons. The van der Waals surface area contributed by atoms with E-state index in [4.69, 9.17) is 38.5 Å². The summed E-state index contributed by atoms with van der Waals surface area (Å²) in [6.07, 6.45) is -0.363. The van der Waals surface area contributed by atoms with Crippen LogP contribution in [-0.2, 0) is 55.3 Å². The molecular formula is C28H38N3O11P. The molecule has 15 heteroatoms. The van der Waals surface area contributed by atoms with Crippen LogP contribution in [0.3, 0.4) is 0 Å². The highest BCUT2D eigenvalue weighted by molar-refractivity contribution is 7.52. The highest BCUT2D eigenvalue weighted by Gasteiger charge is 2.27. The number of nitrogens with two attached hydrogens (primary N) is 1. The highest BCUT2D eigenvalue weighted by atomic mass is 31.2. The van der Waals surface area contributed by atoms with Gasteiger partial charge in [0.1, 0.15) is 33.0 Å². The van der Waals surface area contributed by atoms with Crippen molar-refractivity contribution in [3.63, 3.8) is 0 Å². The van der Waals surface area contributed by atoms with Crippen molar-refractivity contribution in [1.29, 1.82) is 0 Å². The standard InChI is InChI=1S/C28H38N3O11P/c1-3-4-15-36-25(32)20-31(2)26(29)30-43(35,41-18-16-37-27(33)39-21-23-11-7-5-8-12-23)42-19-17-38-28(34)40-22-24-13-9-6-10-14-24/h5-14H,3-4,15-22H2,1-2H3,(H2,29,30,35). The SMILES string of the molecule is CCCCOC(=O)CN(C)/C(N)=N/P(=O)(OCCOC(=O)OCc1ccccc1)OCCOC(=O)OCc1ccccc1. The summed E-state index contributed by atoms with van der Waals surface area (Å²) in [5, 5.41) is 0. The summed E-state index contributed by atoms with van der Waals surface area (Å²) in [5.74, 6) is -0.905. The van der Waals surface area contributed by atoms with Crippen molar-refractivity contribution >= 4 is 32.0 Å². The van der Waals surface area contributed by atoms with Crippen molar-refractivity contribution in [1.82, 2.24) is 4.90 Å². The van der Waals surface area contributed by atoms with E-state index in [0.29, 0.717) is 6.42 Å². The molecule has 0 fully saturated rings. The molecule has 0 bridgehead atoms. The molecule has 0 saturated carbocycles. The molecule has 0 amide bonds. The number of esters is 1. The summed E-state index contributed by atoms with van der Waals surface area (Å²) in [6.45, 7) is 0.441. The fourth-order valence-corrected chi connectivity index (χ4v) is 4.22. The normalized spacial score (nSPS) is 11.3. The zero-order chi connectivity index (χ0) is 31.3. The van der Waals surface area contributed by atoms with Gasteiger partial charge < -0.3 is 34.3 Å². The van der Waals surface area contributed by atoms with Crippen molar-refractivity contribution in [2.24, 2.45) is 10.5 Å². The minimum atomic E-state index is -4.34. The van der Waals surface area contributed by atoms with Crippen molar-refractivity contribution < 1.29 is 51.7 Å². The van der Waals surface area contributed by atoms with Gasteiger partial charge in [-0.3, -0.25) is 13.8 Å². The lowest BCUT2D eigenvalue weighted by Gasteiger charge is -2.20. The molecule has 0 heterocycles. The molecule has 0 spiro atoms. The first-order valence-electron chi connectivity index (χ1n) is 13.5. The molecule has 2 aromatic carbocycles. The summed E-state index contributed by atoms with van der Waals surface area (Å²) in [5.41, 5.74) is 7.46. The quantitative estimate of drug-likeness (QED) is 0.0617. The molecule has 0 aromatic heterocycles. The van der Waals surface area contributed by atoms with Crippen LogP contribution in [0.4, 0.5) is 9.59 Å². The minimum Gasteiger partial charge on any atom is -0.464 e. The molecule has 0 radical (unpaired) electrons. The van der Waals surface area contributed by atoms with Gasteiger partial charge in [0.2, 0.25) is 5.96 Å². The number of rotatable bonds is 18. The molecule has 2 rings (SSSR count). The van der Waals surface area contributed by atoms with E-state index in [9.17, 15) is 18.9 Å². The van der Waals surface area contributed by atoms with E-state index in [1.165, 1.54) is 11.9 Å². The number of hydrogen-bond acceptors (Lipinski definition) is 11. The lowest BCUT2D eigenvalue weighted by Crippen LogP contribution is -2.38.